The molecule has 0 amide bonds. The first-order valence-corrected chi connectivity index (χ1v) is 4.63. The van der Waals surface area contributed by atoms with Gasteiger partial charge in [-0.25, -0.2) is 0 Å². The van der Waals surface area contributed by atoms with Crippen molar-refractivity contribution in [1.82, 2.24) is 0 Å². The molecule has 0 unspecified atom stereocenters. The van der Waals surface area contributed by atoms with Gasteiger partial charge in [0.25, 0.3) is 0 Å². The van der Waals surface area contributed by atoms with Crippen molar-refractivity contribution in [1.29, 1.82) is 0 Å². The fraction of sp³-hybridized carbons (Fsp3) is 0.400. The van der Waals surface area contributed by atoms with Gasteiger partial charge in [0, 0.05) is 0 Å². The average Bonchev–Trinajstić information content (AvgIpc) is 2.01. The molecule has 0 aliphatic rings. The highest BCUT2D eigenvalue weighted by Gasteiger charge is 2.12. The summed E-state index contributed by atoms with van der Waals surface area (Å²) in [4.78, 5) is 0. The molecule has 0 bridgehead atoms. The van der Waals surface area contributed by atoms with E-state index in [0.29, 0.717) is 11.2 Å². The van der Waals surface area contributed by atoms with E-state index < -0.39 is 7.12 Å². The van der Waals surface area contributed by atoms with Crippen LogP contribution in [0.5, 0.6) is 5.75 Å². The summed E-state index contributed by atoms with van der Waals surface area (Å²) in [6.45, 7) is 5.74. The van der Waals surface area contributed by atoms with Crippen LogP contribution in [0.15, 0.2) is 18.2 Å². The molecule has 1 aromatic carbocycles. The molecule has 0 aromatic heterocycles. The molecular weight excluding hydrogens is 179 g/mol. The van der Waals surface area contributed by atoms with Gasteiger partial charge in [0.1, 0.15) is 5.75 Å². The Morgan fingerprint density at radius 2 is 1.86 bits per heavy atom. The van der Waals surface area contributed by atoms with E-state index in [1.54, 1.807) is 12.1 Å². The molecule has 76 valence electrons. The van der Waals surface area contributed by atoms with Crippen molar-refractivity contribution in [3.63, 3.8) is 0 Å². The first-order chi connectivity index (χ1) is 6.49. The van der Waals surface area contributed by atoms with Crippen molar-refractivity contribution in [2.75, 3.05) is 0 Å². The summed E-state index contributed by atoms with van der Waals surface area (Å²) < 4.78 is 5.46. The van der Waals surface area contributed by atoms with E-state index in [4.69, 9.17) is 14.8 Å². The summed E-state index contributed by atoms with van der Waals surface area (Å²) >= 11 is 0. The highest BCUT2D eigenvalue weighted by Crippen LogP contribution is 2.13. The molecule has 1 aromatic rings. The van der Waals surface area contributed by atoms with Gasteiger partial charge in [-0.15, -0.1) is 0 Å². The quantitative estimate of drug-likeness (QED) is 0.687. The van der Waals surface area contributed by atoms with Gasteiger partial charge in [0.2, 0.25) is 0 Å². The van der Waals surface area contributed by atoms with Crippen LogP contribution in [-0.4, -0.2) is 23.3 Å². The summed E-state index contributed by atoms with van der Waals surface area (Å²) in [6, 6.07) is 5.22. The highest BCUT2D eigenvalue weighted by atomic mass is 16.5. The molecule has 0 atom stereocenters. The number of aryl methyl sites for hydroxylation is 1. The van der Waals surface area contributed by atoms with E-state index in [0.717, 1.165) is 5.56 Å². The van der Waals surface area contributed by atoms with Gasteiger partial charge in [-0.05, 0) is 43.9 Å². The van der Waals surface area contributed by atoms with Crippen LogP contribution in [0.25, 0.3) is 0 Å². The lowest BCUT2D eigenvalue weighted by Crippen LogP contribution is -2.30. The van der Waals surface area contributed by atoms with E-state index >= 15 is 0 Å². The SMILES string of the molecule is Cc1cc(OC(C)C)cc(B(O)O)c1. The molecule has 0 fully saturated rings. The maximum atomic E-state index is 9.01. The predicted octanol–water partition coefficient (Wildman–Crippen LogP) is 0.462. The van der Waals surface area contributed by atoms with Gasteiger partial charge in [-0.2, -0.15) is 0 Å². The lowest BCUT2D eigenvalue weighted by atomic mass is 9.79. The van der Waals surface area contributed by atoms with E-state index in [1.807, 2.05) is 26.8 Å². The molecule has 0 saturated heterocycles. The Bertz CT molecular complexity index is 310. The second-order valence-electron chi connectivity index (χ2n) is 3.62. The highest BCUT2D eigenvalue weighted by molar-refractivity contribution is 6.58. The van der Waals surface area contributed by atoms with Gasteiger partial charge in [0.15, 0.2) is 0 Å². The molecule has 0 aliphatic heterocycles. The summed E-state index contributed by atoms with van der Waals surface area (Å²) in [5.74, 6) is 0.670. The molecule has 3 nitrogen and oxygen atoms in total. The molecule has 14 heavy (non-hydrogen) atoms. The van der Waals surface area contributed by atoms with Crippen LogP contribution in [-0.2, 0) is 0 Å². The van der Waals surface area contributed by atoms with Crippen molar-refractivity contribution < 1.29 is 14.8 Å². The zero-order chi connectivity index (χ0) is 10.7. The standard InChI is InChI=1S/C10H15BO3/c1-7(2)14-10-5-8(3)4-9(6-10)11(12)13/h4-7,12-13H,1-3H3. The molecule has 1 rings (SSSR count). The van der Waals surface area contributed by atoms with Crippen LogP contribution < -0.4 is 10.2 Å². The van der Waals surface area contributed by atoms with Crippen LogP contribution in [0, 0.1) is 6.92 Å². The first-order valence-electron chi connectivity index (χ1n) is 4.63. The van der Waals surface area contributed by atoms with Crippen LogP contribution in [0.3, 0.4) is 0 Å². The van der Waals surface area contributed by atoms with Crippen molar-refractivity contribution in [3.05, 3.63) is 23.8 Å². The minimum atomic E-state index is -1.44. The maximum Gasteiger partial charge on any atom is 0.488 e. The molecule has 0 heterocycles. The van der Waals surface area contributed by atoms with Crippen LogP contribution in [0.4, 0.5) is 0 Å². The van der Waals surface area contributed by atoms with Crippen molar-refractivity contribution >= 4 is 12.6 Å². The molecule has 0 aliphatic carbocycles. The lowest BCUT2D eigenvalue weighted by Gasteiger charge is -2.11. The van der Waals surface area contributed by atoms with Crippen LogP contribution in [0.2, 0.25) is 0 Å². The zero-order valence-electron chi connectivity index (χ0n) is 8.69. The number of hydrogen-bond donors (Lipinski definition) is 2. The molecule has 4 heteroatoms. The predicted molar refractivity (Wildman–Crippen MR) is 56.8 cm³/mol. The van der Waals surface area contributed by atoms with Crippen LogP contribution >= 0.6 is 0 Å². The summed E-state index contributed by atoms with van der Waals surface area (Å²) in [6.07, 6.45) is 0.0838. The van der Waals surface area contributed by atoms with Gasteiger partial charge in [-0.1, -0.05) is 6.07 Å². The Kier molecular flexibility index (Phi) is 3.55. The molecule has 2 N–H and O–H groups in total. The average molecular weight is 194 g/mol. The smallest absolute Gasteiger partial charge is 0.488 e. The van der Waals surface area contributed by atoms with E-state index in [-0.39, 0.29) is 6.10 Å². The second kappa shape index (κ2) is 4.48. The summed E-state index contributed by atoms with van der Waals surface area (Å²) in [7, 11) is -1.44. The monoisotopic (exact) mass is 194 g/mol. The van der Waals surface area contributed by atoms with Gasteiger partial charge in [0.05, 0.1) is 6.10 Å². The third kappa shape index (κ3) is 3.05. The van der Waals surface area contributed by atoms with Gasteiger partial charge < -0.3 is 14.8 Å². The Morgan fingerprint density at radius 3 is 2.36 bits per heavy atom. The third-order valence-corrected chi connectivity index (χ3v) is 1.74. The lowest BCUT2D eigenvalue weighted by molar-refractivity contribution is 0.242. The van der Waals surface area contributed by atoms with E-state index in [9.17, 15) is 0 Å². The molecule has 0 radical (unpaired) electrons. The van der Waals surface area contributed by atoms with Crippen molar-refractivity contribution in [3.8, 4) is 5.75 Å². The third-order valence-electron chi connectivity index (χ3n) is 1.74. The fourth-order valence-electron chi connectivity index (χ4n) is 1.27. The Labute approximate surface area is 84.5 Å². The molecule has 0 spiro atoms. The minimum absolute atomic E-state index is 0.0838. The molecule has 0 saturated carbocycles. The Hall–Kier alpha value is -0.995. The number of ether oxygens (including phenoxy) is 1. The van der Waals surface area contributed by atoms with Crippen molar-refractivity contribution in [2.24, 2.45) is 0 Å². The minimum Gasteiger partial charge on any atom is -0.491 e. The maximum absolute atomic E-state index is 9.01. The second-order valence-corrected chi connectivity index (χ2v) is 3.62. The largest absolute Gasteiger partial charge is 0.491 e. The number of hydrogen-bond acceptors (Lipinski definition) is 3. The van der Waals surface area contributed by atoms with E-state index in [1.165, 1.54) is 0 Å². The van der Waals surface area contributed by atoms with Gasteiger partial charge in [-0.3, -0.25) is 0 Å². The van der Waals surface area contributed by atoms with Gasteiger partial charge >= 0.3 is 7.12 Å². The molecular formula is C10H15BO3. The zero-order valence-corrected chi connectivity index (χ0v) is 8.69. The topological polar surface area (TPSA) is 49.7 Å². The first kappa shape index (κ1) is 11.1. The fourth-order valence-corrected chi connectivity index (χ4v) is 1.27. The number of rotatable bonds is 3. The van der Waals surface area contributed by atoms with E-state index in [2.05, 4.69) is 0 Å². The normalized spacial score (nSPS) is 10.4. The Morgan fingerprint density at radius 1 is 1.21 bits per heavy atom. The summed E-state index contributed by atoms with van der Waals surface area (Å²) in [5, 5.41) is 18.0. The Balaban J connectivity index is 2.95. The summed E-state index contributed by atoms with van der Waals surface area (Å²) in [5.41, 5.74) is 1.41. The van der Waals surface area contributed by atoms with Crippen LogP contribution in [0.1, 0.15) is 19.4 Å². The number of benzene rings is 1. The van der Waals surface area contributed by atoms with Crippen molar-refractivity contribution in [2.45, 2.75) is 26.9 Å².